The molecule has 0 nitrogen and oxygen atoms in total. The van der Waals surface area contributed by atoms with Crippen LogP contribution in [0.5, 0.6) is 0 Å². The highest BCUT2D eigenvalue weighted by Crippen LogP contribution is 1.90. The van der Waals surface area contributed by atoms with Gasteiger partial charge in [-0.3, -0.25) is 0 Å². The molecule has 48 valence electrons. The monoisotopic (exact) mass is 128 g/mol. The van der Waals surface area contributed by atoms with Crippen molar-refractivity contribution in [1.29, 1.82) is 0 Å². The highest BCUT2D eigenvalue weighted by molar-refractivity contribution is 5.34. The van der Waals surface area contributed by atoms with Gasteiger partial charge < -0.3 is 0 Å². The lowest BCUT2D eigenvalue weighted by atomic mass is 10.2. The first kappa shape index (κ1) is 8.42. The lowest BCUT2D eigenvalue weighted by molar-refractivity contribution is 1.27. The van der Waals surface area contributed by atoms with Gasteiger partial charge in [-0.15, -0.1) is 6.42 Å². The number of terminal acetylenes is 1. The summed E-state index contributed by atoms with van der Waals surface area (Å²) >= 11 is 0. The van der Waals surface area contributed by atoms with Crippen molar-refractivity contribution in [3.8, 4) is 36.0 Å². The molecular formula is C10H8. The smallest absolute Gasteiger partial charge is 0.0304 e. The second kappa shape index (κ2) is 5.55. The summed E-state index contributed by atoms with van der Waals surface area (Å²) in [6, 6.07) is 0. The summed E-state index contributed by atoms with van der Waals surface area (Å²) in [7, 11) is 0. The van der Waals surface area contributed by atoms with E-state index in [-0.39, 0.29) is 0 Å². The summed E-state index contributed by atoms with van der Waals surface area (Å²) in [5.41, 5.74) is 1.04. The van der Waals surface area contributed by atoms with Crippen molar-refractivity contribution in [2.45, 2.75) is 13.3 Å². The van der Waals surface area contributed by atoms with Gasteiger partial charge in [-0.25, -0.2) is 0 Å². The molecule has 0 aromatic rings. The van der Waals surface area contributed by atoms with Crippen molar-refractivity contribution in [3.05, 3.63) is 12.2 Å². The Morgan fingerprint density at radius 2 is 2.10 bits per heavy atom. The fraction of sp³-hybridized carbons (Fsp3) is 0.200. The lowest BCUT2D eigenvalue weighted by Crippen LogP contribution is -1.65. The zero-order valence-electron chi connectivity index (χ0n) is 5.99. The SMILES string of the molecule is C#CC#CC#CCC(=C)C. The normalized spacial score (nSPS) is 5.60. The third-order valence-electron chi connectivity index (χ3n) is 0.676. The van der Waals surface area contributed by atoms with E-state index in [4.69, 9.17) is 6.42 Å². The summed E-state index contributed by atoms with van der Waals surface area (Å²) in [5.74, 6) is 12.5. The molecule has 0 aliphatic rings. The maximum absolute atomic E-state index is 4.86. The Bertz CT molecular complexity index is 265. The maximum atomic E-state index is 4.86. The molecule has 0 amide bonds. The van der Waals surface area contributed by atoms with Crippen molar-refractivity contribution >= 4 is 0 Å². The summed E-state index contributed by atoms with van der Waals surface area (Å²) in [4.78, 5) is 0. The molecule has 0 aromatic carbocycles. The van der Waals surface area contributed by atoms with Gasteiger partial charge in [0.15, 0.2) is 0 Å². The molecule has 0 bridgehead atoms. The van der Waals surface area contributed by atoms with E-state index < -0.39 is 0 Å². The summed E-state index contributed by atoms with van der Waals surface area (Å²) in [6.07, 6.45) is 5.56. The lowest BCUT2D eigenvalue weighted by Gasteiger charge is -1.81. The summed E-state index contributed by atoms with van der Waals surface area (Å²) in [5, 5.41) is 0. The van der Waals surface area contributed by atoms with Crippen LogP contribution in [0.2, 0.25) is 0 Å². The third kappa shape index (κ3) is 6.42. The van der Waals surface area contributed by atoms with Gasteiger partial charge in [0.05, 0.1) is 0 Å². The van der Waals surface area contributed by atoms with Gasteiger partial charge in [-0.05, 0) is 30.6 Å². The van der Waals surface area contributed by atoms with E-state index >= 15 is 0 Å². The van der Waals surface area contributed by atoms with Gasteiger partial charge in [0.1, 0.15) is 0 Å². The Balaban J connectivity index is 3.74. The molecule has 0 aliphatic carbocycles. The molecule has 0 atom stereocenters. The van der Waals surface area contributed by atoms with E-state index in [0.29, 0.717) is 6.42 Å². The van der Waals surface area contributed by atoms with Gasteiger partial charge in [0.25, 0.3) is 0 Å². The molecule has 0 saturated carbocycles. The van der Waals surface area contributed by atoms with Crippen LogP contribution in [0.15, 0.2) is 12.2 Å². The number of hydrogen-bond donors (Lipinski definition) is 0. The maximum Gasteiger partial charge on any atom is 0.0304 e. The van der Waals surface area contributed by atoms with Crippen molar-refractivity contribution in [2.24, 2.45) is 0 Å². The van der Waals surface area contributed by atoms with E-state index in [1.165, 1.54) is 0 Å². The summed E-state index contributed by atoms with van der Waals surface area (Å²) < 4.78 is 0. The Morgan fingerprint density at radius 1 is 1.40 bits per heavy atom. The molecule has 0 fully saturated rings. The van der Waals surface area contributed by atoms with Crippen LogP contribution in [0.3, 0.4) is 0 Å². The van der Waals surface area contributed by atoms with E-state index in [2.05, 4.69) is 36.2 Å². The first-order valence-electron chi connectivity index (χ1n) is 2.85. The molecule has 0 aliphatic heterocycles. The average Bonchev–Trinajstić information content (AvgIpc) is 1.87. The topological polar surface area (TPSA) is 0 Å². The molecule has 0 aromatic heterocycles. The van der Waals surface area contributed by atoms with Crippen molar-refractivity contribution < 1.29 is 0 Å². The van der Waals surface area contributed by atoms with Crippen molar-refractivity contribution in [1.82, 2.24) is 0 Å². The van der Waals surface area contributed by atoms with E-state index in [1.54, 1.807) is 0 Å². The van der Waals surface area contributed by atoms with E-state index in [0.717, 1.165) is 5.57 Å². The van der Waals surface area contributed by atoms with Gasteiger partial charge in [0.2, 0.25) is 0 Å². The van der Waals surface area contributed by atoms with Crippen LogP contribution in [0.1, 0.15) is 13.3 Å². The number of allylic oxidation sites excluding steroid dienone is 1. The second-order valence-corrected chi connectivity index (χ2v) is 1.83. The van der Waals surface area contributed by atoms with Gasteiger partial charge >= 0.3 is 0 Å². The predicted molar refractivity (Wildman–Crippen MR) is 43.8 cm³/mol. The van der Waals surface area contributed by atoms with E-state index in [1.807, 2.05) is 6.92 Å². The minimum absolute atomic E-state index is 0.694. The minimum atomic E-state index is 0.694. The summed E-state index contributed by atoms with van der Waals surface area (Å²) in [6.45, 7) is 5.60. The largest absolute Gasteiger partial charge is 0.106 e. The molecule has 0 radical (unpaired) electrons. The molecule has 0 heterocycles. The highest BCUT2D eigenvalue weighted by atomic mass is 13.8. The van der Waals surface area contributed by atoms with Crippen LogP contribution in [0.25, 0.3) is 0 Å². The molecule has 0 saturated heterocycles. The van der Waals surface area contributed by atoms with Crippen molar-refractivity contribution in [3.63, 3.8) is 0 Å². The second-order valence-electron chi connectivity index (χ2n) is 1.83. The number of hydrogen-bond acceptors (Lipinski definition) is 0. The van der Waals surface area contributed by atoms with Crippen LogP contribution < -0.4 is 0 Å². The molecule has 0 rings (SSSR count). The molecule has 10 heavy (non-hydrogen) atoms. The van der Waals surface area contributed by atoms with Crippen LogP contribution in [0.4, 0.5) is 0 Å². The molecule has 0 unspecified atom stereocenters. The van der Waals surface area contributed by atoms with Gasteiger partial charge in [0, 0.05) is 6.42 Å². The standard InChI is InChI=1S/C10H8/c1-4-5-6-7-8-9-10(2)3/h1H,2,9H2,3H3. The van der Waals surface area contributed by atoms with Crippen LogP contribution in [-0.4, -0.2) is 0 Å². The Labute approximate surface area is 62.3 Å². The zero-order valence-corrected chi connectivity index (χ0v) is 5.99. The third-order valence-corrected chi connectivity index (χ3v) is 0.676. The van der Waals surface area contributed by atoms with Crippen LogP contribution in [-0.2, 0) is 0 Å². The number of rotatable bonds is 1. The van der Waals surface area contributed by atoms with E-state index in [9.17, 15) is 0 Å². The molecular weight excluding hydrogens is 120 g/mol. The van der Waals surface area contributed by atoms with Gasteiger partial charge in [-0.2, -0.15) is 0 Å². The first-order valence-corrected chi connectivity index (χ1v) is 2.85. The minimum Gasteiger partial charge on any atom is -0.106 e. The van der Waals surface area contributed by atoms with Crippen molar-refractivity contribution in [2.75, 3.05) is 0 Å². The predicted octanol–water partition coefficient (Wildman–Crippen LogP) is 1.59. The fourth-order valence-electron chi connectivity index (χ4n) is 0.307. The molecule has 0 heteroatoms. The molecule has 0 N–H and O–H groups in total. The fourth-order valence-corrected chi connectivity index (χ4v) is 0.307. The highest BCUT2D eigenvalue weighted by Gasteiger charge is 1.74. The van der Waals surface area contributed by atoms with Gasteiger partial charge in [-0.1, -0.05) is 18.1 Å². The quantitative estimate of drug-likeness (QED) is 0.371. The Morgan fingerprint density at radius 3 is 2.60 bits per heavy atom. The average molecular weight is 128 g/mol. The Hall–Kier alpha value is -1.58. The Kier molecular flexibility index (Phi) is 4.68. The molecule has 0 spiro atoms. The van der Waals surface area contributed by atoms with Crippen LogP contribution >= 0.6 is 0 Å². The van der Waals surface area contributed by atoms with Crippen LogP contribution in [0, 0.1) is 36.0 Å². The first-order chi connectivity index (χ1) is 4.77. The zero-order chi connectivity index (χ0) is 7.82.